The van der Waals surface area contributed by atoms with Crippen LogP contribution >= 0.6 is 0 Å². The summed E-state index contributed by atoms with van der Waals surface area (Å²) in [6.45, 7) is 1.68. The Bertz CT molecular complexity index is 2210. The third-order valence-corrected chi connectivity index (χ3v) is 10.6. The van der Waals surface area contributed by atoms with Gasteiger partial charge in [0.1, 0.15) is 5.82 Å². The second kappa shape index (κ2) is 19.1. The van der Waals surface area contributed by atoms with E-state index in [-0.39, 0.29) is 36.1 Å². The number of H-pyrrole nitrogens is 1. The Morgan fingerprint density at radius 1 is 0.719 bits per heavy atom. The quantitative estimate of drug-likeness (QED) is 0.0606. The number of aromatic carboxylic acids is 1. The molecule has 0 spiro atoms. The summed E-state index contributed by atoms with van der Waals surface area (Å²) >= 11 is 0. The molecule has 0 radical (unpaired) electrons. The monoisotopic (exact) mass is 771 g/mol. The molecule has 4 aromatic carbocycles. The van der Waals surface area contributed by atoms with Gasteiger partial charge in [-0.25, -0.2) is 4.79 Å². The van der Waals surface area contributed by atoms with Crippen LogP contribution in [-0.4, -0.2) is 80.8 Å². The highest BCUT2D eigenvalue weighted by molar-refractivity contribution is 6.19. The number of aryl methyl sites for hydroxylation is 2. The number of anilines is 2. The first kappa shape index (κ1) is 40.4. The highest BCUT2D eigenvalue weighted by Crippen LogP contribution is 2.29. The van der Waals surface area contributed by atoms with E-state index >= 15 is 0 Å². The maximum absolute atomic E-state index is 13.9. The smallest absolute Gasteiger partial charge is 0.335 e. The van der Waals surface area contributed by atoms with Gasteiger partial charge < -0.3 is 30.7 Å². The van der Waals surface area contributed by atoms with Crippen LogP contribution in [0.25, 0.3) is 10.9 Å². The van der Waals surface area contributed by atoms with Gasteiger partial charge in [0.2, 0.25) is 5.91 Å². The van der Waals surface area contributed by atoms with E-state index in [4.69, 9.17) is 10.2 Å². The number of carbonyl (C=O) groups excluding carboxylic acids is 3. The first-order valence-corrected chi connectivity index (χ1v) is 19.5. The number of likely N-dealkylation sites (N-methyl/N-ethyl adjacent to an activating group) is 1. The van der Waals surface area contributed by atoms with Crippen LogP contribution < -0.4 is 10.6 Å². The summed E-state index contributed by atoms with van der Waals surface area (Å²) in [5.41, 5.74) is 5.49. The van der Waals surface area contributed by atoms with Gasteiger partial charge in [-0.1, -0.05) is 67.4 Å². The summed E-state index contributed by atoms with van der Waals surface area (Å²) in [4.78, 5) is 69.4. The third kappa shape index (κ3) is 10.9. The summed E-state index contributed by atoms with van der Waals surface area (Å²) in [7, 11) is 1.70. The molecule has 6 rings (SSSR count). The standard InChI is InChI=1S/C45H49N5O7/c1-49(39(51)24-25-40(52)53)26-27-50(36-12-2-3-13-36)29-32-10-7-11-34(28-32)43(54)48-42-41(37-14-4-5-15-38(37)47-42)44(55)46-35-22-18-31(19-23-35)9-6-8-30-16-20-33(21-17-30)45(56)57/h4-5,7,10-11,14-23,28,36,47H,2-3,6,8-9,12-13,24-27,29H2,1H3,(H,46,55)(H,48,54)(H,52,53)(H,56,57). The number of carboxylic acid groups (broad SMARTS) is 2. The molecule has 0 aliphatic heterocycles. The normalized spacial score (nSPS) is 12.8. The Morgan fingerprint density at radius 2 is 1.40 bits per heavy atom. The van der Waals surface area contributed by atoms with Gasteiger partial charge in [-0.15, -0.1) is 0 Å². The molecule has 5 aromatic rings. The topological polar surface area (TPSA) is 172 Å². The number of nitrogens with zero attached hydrogens (tertiary/aromatic N) is 2. The number of rotatable bonds is 18. The number of fused-ring (bicyclic) bond motifs is 1. The second-order valence-electron chi connectivity index (χ2n) is 14.7. The number of hydrogen-bond acceptors (Lipinski definition) is 6. The molecule has 12 nitrogen and oxygen atoms in total. The molecule has 3 amide bonds. The number of aliphatic carboxylic acids is 1. The molecule has 5 N–H and O–H groups in total. The minimum atomic E-state index is -0.992. The number of carbonyl (C=O) groups is 5. The van der Waals surface area contributed by atoms with Crippen molar-refractivity contribution in [2.75, 3.05) is 30.8 Å². The molecule has 0 atom stereocenters. The Balaban J connectivity index is 1.09. The van der Waals surface area contributed by atoms with E-state index in [0.717, 1.165) is 61.6 Å². The predicted octanol–water partition coefficient (Wildman–Crippen LogP) is 7.61. The average Bonchev–Trinajstić information content (AvgIpc) is 3.88. The molecule has 1 heterocycles. The molecule has 12 heteroatoms. The number of hydrogen-bond donors (Lipinski definition) is 5. The number of aromatic amines is 1. The van der Waals surface area contributed by atoms with Gasteiger partial charge in [0.15, 0.2) is 0 Å². The number of benzene rings is 4. The summed E-state index contributed by atoms with van der Waals surface area (Å²) in [6.07, 6.45) is 6.69. The van der Waals surface area contributed by atoms with Crippen molar-refractivity contribution in [1.29, 1.82) is 0 Å². The lowest BCUT2D eigenvalue weighted by atomic mass is 10.0. The average molecular weight is 772 g/mol. The fourth-order valence-electron chi connectivity index (χ4n) is 7.43. The van der Waals surface area contributed by atoms with Crippen molar-refractivity contribution in [2.45, 2.75) is 70.4 Å². The van der Waals surface area contributed by atoms with E-state index in [2.05, 4.69) is 20.5 Å². The molecule has 0 saturated heterocycles. The maximum atomic E-state index is 13.9. The highest BCUT2D eigenvalue weighted by Gasteiger charge is 2.25. The zero-order chi connectivity index (χ0) is 40.3. The first-order valence-electron chi connectivity index (χ1n) is 19.5. The van der Waals surface area contributed by atoms with Gasteiger partial charge in [0.25, 0.3) is 11.8 Å². The van der Waals surface area contributed by atoms with Gasteiger partial charge in [-0.3, -0.25) is 24.1 Å². The van der Waals surface area contributed by atoms with Crippen molar-refractivity contribution in [3.63, 3.8) is 0 Å². The van der Waals surface area contributed by atoms with Gasteiger partial charge in [0.05, 0.1) is 17.5 Å². The molecule has 57 heavy (non-hydrogen) atoms. The minimum Gasteiger partial charge on any atom is -0.481 e. The molecule has 296 valence electrons. The molecule has 1 aliphatic carbocycles. The fourth-order valence-corrected chi connectivity index (χ4v) is 7.43. The first-order chi connectivity index (χ1) is 27.5. The van der Waals surface area contributed by atoms with Crippen molar-refractivity contribution in [3.05, 3.63) is 130 Å². The SMILES string of the molecule is CN(CCN(Cc1cccc(C(=O)Nc2[nH]c3ccccc3c2C(=O)Nc2ccc(CCCc3ccc(C(=O)O)cc3)cc2)c1)C1CCCC1)C(=O)CCC(=O)O. The van der Waals surface area contributed by atoms with E-state index in [0.29, 0.717) is 59.2 Å². The largest absolute Gasteiger partial charge is 0.481 e. The Labute approximate surface area is 331 Å². The van der Waals surface area contributed by atoms with Gasteiger partial charge in [0, 0.05) is 61.3 Å². The zero-order valence-electron chi connectivity index (χ0n) is 32.1. The molecule has 1 aromatic heterocycles. The Morgan fingerprint density at radius 3 is 2.09 bits per heavy atom. The zero-order valence-corrected chi connectivity index (χ0v) is 32.1. The van der Waals surface area contributed by atoms with E-state index in [9.17, 15) is 24.0 Å². The van der Waals surface area contributed by atoms with Gasteiger partial charge >= 0.3 is 11.9 Å². The van der Waals surface area contributed by atoms with Crippen molar-refractivity contribution < 1.29 is 34.2 Å². The molecule has 1 fully saturated rings. The Kier molecular flexibility index (Phi) is 13.5. The van der Waals surface area contributed by atoms with Crippen LogP contribution in [0.3, 0.4) is 0 Å². The van der Waals surface area contributed by atoms with Crippen molar-refractivity contribution in [2.24, 2.45) is 0 Å². The van der Waals surface area contributed by atoms with E-state index < -0.39 is 11.9 Å². The maximum Gasteiger partial charge on any atom is 0.335 e. The molecule has 1 saturated carbocycles. The van der Waals surface area contributed by atoms with E-state index in [1.165, 1.54) is 0 Å². The molecule has 1 aliphatic rings. The molecular weight excluding hydrogens is 723 g/mol. The summed E-state index contributed by atoms with van der Waals surface area (Å²) in [5.74, 6) is -2.57. The molecular formula is C45H49N5O7. The lowest BCUT2D eigenvalue weighted by Gasteiger charge is -2.31. The van der Waals surface area contributed by atoms with Crippen LogP contribution in [0.2, 0.25) is 0 Å². The fraction of sp³-hybridized carbons (Fsp3) is 0.311. The predicted molar refractivity (Wildman–Crippen MR) is 220 cm³/mol. The van der Waals surface area contributed by atoms with Crippen LogP contribution in [0.15, 0.2) is 97.1 Å². The molecule has 0 bridgehead atoms. The number of amides is 3. The van der Waals surface area contributed by atoms with Crippen LogP contribution in [-0.2, 0) is 29.0 Å². The van der Waals surface area contributed by atoms with Crippen molar-refractivity contribution in [3.8, 4) is 0 Å². The Hall–Kier alpha value is -6.27. The second-order valence-corrected chi connectivity index (χ2v) is 14.7. The molecule has 0 unspecified atom stereocenters. The summed E-state index contributed by atoms with van der Waals surface area (Å²) < 4.78 is 0. The van der Waals surface area contributed by atoms with E-state index in [1.54, 1.807) is 30.1 Å². The number of para-hydroxylation sites is 1. The van der Waals surface area contributed by atoms with Crippen LogP contribution in [0, 0.1) is 0 Å². The minimum absolute atomic E-state index is 0.0303. The van der Waals surface area contributed by atoms with Crippen molar-refractivity contribution in [1.82, 2.24) is 14.8 Å². The lowest BCUT2D eigenvalue weighted by Crippen LogP contribution is -2.40. The third-order valence-electron chi connectivity index (χ3n) is 10.6. The van der Waals surface area contributed by atoms with Crippen molar-refractivity contribution >= 4 is 52.1 Å². The number of aromatic nitrogens is 1. The highest BCUT2D eigenvalue weighted by atomic mass is 16.4. The number of nitrogens with one attached hydrogen (secondary N) is 3. The lowest BCUT2D eigenvalue weighted by molar-refractivity contribution is -0.140. The number of carboxylic acids is 2. The van der Waals surface area contributed by atoms with Gasteiger partial charge in [-0.05, 0) is 91.3 Å². The summed E-state index contributed by atoms with van der Waals surface area (Å²) in [6, 6.07) is 29.8. The van der Waals surface area contributed by atoms with E-state index in [1.807, 2.05) is 78.9 Å². The van der Waals surface area contributed by atoms with Crippen LogP contribution in [0.5, 0.6) is 0 Å². The van der Waals surface area contributed by atoms with Gasteiger partial charge in [-0.2, -0.15) is 0 Å². The van der Waals surface area contributed by atoms with Crippen LogP contribution in [0.4, 0.5) is 11.5 Å². The van der Waals surface area contributed by atoms with Crippen LogP contribution in [0.1, 0.15) is 92.7 Å². The summed E-state index contributed by atoms with van der Waals surface area (Å²) in [5, 5.41) is 24.7.